The van der Waals surface area contributed by atoms with E-state index in [4.69, 9.17) is 0 Å². The molecule has 1 aliphatic rings. The topological polar surface area (TPSA) is 50.7 Å². The molecule has 0 saturated heterocycles. The van der Waals surface area contributed by atoms with Crippen LogP contribution in [0.15, 0.2) is 47.3 Å². The van der Waals surface area contributed by atoms with E-state index in [1.54, 1.807) is 6.07 Å². The van der Waals surface area contributed by atoms with Gasteiger partial charge in [0.1, 0.15) is 5.82 Å². The first-order valence-electron chi connectivity index (χ1n) is 7.69. The fourth-order valence-electron chi connectivity index (χ4n) is 3.30. The lowest BCUT2D eigenvalue weighted by Crippen LogP contribution is -2.16. The van der Waals surface area contributed by atoms with E-state index in [9.17, 15) is 9.18 Å². The number of aromatic amines is 1. The van der Waals surface area contributed by atoms with Gasteiger partial charge in [0.05, 0.1) is 15.8 Å². The van der Waals surface area contributed by atoms with Gasteiger partial charge in [-0.25, -0.2) is 9.37 Å². The van der Waals surface area contributed by atoms with Crippen molar-refractivity contribution < 1.29 is 4.39 Å². The number of hydrogen-bond acceptors (Lipinski definition) is 3. The second kappa shape index (κ2) is 4.88. The number of halogens is 1. The lowest BCUT2D eigenvalue weighted by Gasteiger charge is -2.13. The zero-order chi connectivity index (χ0) is 16.3. The fourth-order valence-corrected chi connectivity index (χ4v) is 4.25. The predicted octanol–water partition coefficient (Wildman–Crippen LogP) is 3.68. The summed E-state index contributed by atoms with van der Waals surface area (Å²) >= 11 is 1.30. The van der Waals surface area contributed by atoms with Crippen molar-refractivity contribution in [2.24, 2.45) is 0 Å². The molecule has 6 heteroatoms. The van der Waals surface area contributed by atoms with Gasteiger partial charge in [-0.1, -0.05) is 35.6 Å². The van der Waals surface area contributed by atoms with Crippen LogP contribution < -0.4 is 5.56 Å². The zero-order valence-electron chi connectivity index (χ0n) is 12.5. The van der Waals surface area contributed by atoms with Crippen molar-refractivity contribution in [2.75, 3.05) is 0 Å². The molecule has 2 aromatic carbocycles. The molecule has 5 rings (SSSR count). The van der Waals surface area contributed by atoms with Crippen molar-refractivity contribution in [3.05, 3.63) is 69.9 Å². The summed E-state index contributed by atoms with van der Waals surface area (Å²) in [4.78, 5) is 17.4. The van der Waals surface area contributed by atoms with E-state index < -0.39 is 0 Å². The lowest BCUT2D eigenvalue weighted by molar-refractivity contribution is 0.630. The maximum absolute atomic E-state index is 13.4. The maximum atomic E-state index is 13.4. The van der Waals surface area contributed by atoms with Crippen molar-refractivity contribution in [1.82, 2.24) is 14.8 Å². The van der Waals surface area contributed by atoms with Crippen molar-refractivity contribution in [1.29, 1.82) is 0 Å². The zero-order valence-corrected chi connectivity index (χ0v) is 13.4. The van der Waals surface area contributed by atoms with Gasteiger partial charge in [-0.05, 0) is 42.2 Å². The number of aryl methyl sites for hydroxylation is 2. The van der Waals surface area contributed by atoms with Crippen LogP contribution in [-0.2, 0) is 12.8 Å². The van der Waals surface area contributed by atoms with Crippen LogP contribution >= 0.6 is 11.3 Å². The molecule has 0 atom stereocenters. The van der Waals surface area contributed by atoms with E-state index in [1.165, 1.54) is 33.7 Å². The number of thiazole rings is 1. The molecule has 4 aromatic rings. The molecule has 0 saturated carbocycles. The van der Waals surface area contributed by atoms with E-state index >= 15 is 0 Å². The molecule has 0 unspecified atom stereocenters. The van der Waals surface area contributed by atoms with E-state index in [0.717, 1.165) is 34.4 Å². The highest BCUT2D eigenvalue weighted by Crippen LogP contribution is 2.31. The Morgan fingerprint density at radius 3 is 2.96 bits per heavy atom. The molecule has 4 nitrogen and oxygen atoms in total. The minimum atomic E-state index is -0.301. The van der Waals surface area contributed by atoms with Crippen molar-refractivity contribution >= 4 is 21.6 Å². The van der Waals surface area contributed by atoms with Crippen LogP contribution in [0.3, 0.4) is 0 Å². The number of rotatable bonds is 1. The number of aromatic nitrogens is 3. The van der Waals surface area contributed by atoms with Crippen LogP contribution in [0, 0.1) is 5.82 Å². The fraction of sp³-hybridized carbons (Fsp3) is 0.111. The molecule has 0 radical (unpaired) electrons. The summed E-state index contributed by atoms with van der Waals surface area (Å²) in [7, 11) is 0. The highest BCUT2D eigenvalue weighted by atomic mass is 32.1. The van der Waals surface area contributed by atoms with Gasteiger partial charge in [-0.2, -0.15) is 4.68 Å². The first-order valence-corrected chi connectivity index (χ1v) is 8.51. The van der Waals surface area contributed by atoms with Crippen LogP contribution in [0.1, 0.15) is 11.3 Å². The van der Waals surface area contributed by atoms with Gasteiger partial charge in [0.2, 0.25) is 5.13 Å². The molecule has 0 spiro atoms. The summed E-state index contributed by atoms with van der Waals surface area (Å²) in [6.45, 7) is 0. The number of nitrogens with zero attached hydrogens (tertiary/aromatic N) is 2. The Morgan fingerprint density at radius 2 is 2.04 bits per heavy atom. The third-order valence-corrected chi connectivity index (χ3v) is 5.43. The predicted molar refractivity (Wildman–Crippen MR) is 92.4 cm³/mol. The van der Waals surface area contributed by atoms with Gasteiger partial charge in [-0.15, -0.1) is 0 Å². The molecule has 0 aliphatic heterocycles. The molecular weight excluding hydrogens is 325 g/mol. The van der Waals surface area contributed by atoms with Crippen LogP contribution in [0.4, 0.5) is 4.39 Å². The van der Waals surface area contributed by atoms with Crippen LogP contribution in [0.2, 0.25) is 0 Å². The molecule has 1 aliphatic carbocycles. The maximum Gasteiger partial charge on any atom is 0.281 e. The molecular formula is C18H12FN3OS. The largest absolute Gasteiger partial charge is 0.292 e. The summed E-state index contributed by atoms with van der Waals surface area (Å²) < 4.78 is 15.6. The first-order chi connectivity index (χ1) is 11.7. The molecule has 1 N–H and O–H groups in total. The van der Waals surface area contributed by atoms with Gasteiger partial charge >= 0.3 is 0 Å². The second-order valence-corrected chi connectivity index (χ2v) is 6.88. The minimum absolute atomic E-state index is 0.100. The third-order valence-electron chi connectivity index (χ3n) is 4.43. The quantitative estimate of drug-likeness (QED) is 0.576. The van der Waals surface area contributed by atoms with Gasteiger partial charge < -0.3 is 0 Å². The van der Waals surface area contributed by atoms with Crippen molar-refractivity contribution in [3.8, 4) is 16.3 Å². The Hall–Kier alpha value is -2.73. The smallest absolute Gasteiger partial charge is 0.281 e. The van der Waals surface area contributed by atoms with Crippen molar-refractivity contribution in [3.63, 3.8) is 0 Å². The Kier molecular flexibility index (Phi) is 2.78. The standard InChI is InChI=1S/C18H12FN3OS/c19-11-6-8-13-15(9-11)24-18(20-13)22-17(23)16-12-4-2-1-3-10(12)5-7-14(16)21-22/h1-4,6,8-9,21H,5,7H2. The number of benzene rings is 2. The van der Waals surface area contributed by atoms with Gasteiger partial charge in [0.25, 0.3) is 5.56 Å². The first kappa shape index (κ1) is 13.7. The van der Waals surface area contributed by atoms with Crippen molar-refractivity contribution in [2.45, 2.75) is 12.8 Å². The Balaban J connectivity index is 1.73. The monoisotopic (exact) mass is 337 g/mol. The average Bonchev–Trinajstić information content (AvgIpc) is 3.15. The summed E-state index contributed by atoms with van der Waals surface area (Å²) in [6, 6.07) is 12.5. The molecule has 0 fully saturated rings. The highest BCUT2D eigenvalue weighted by molar-refractivity contribution is 7.20. The lowest BCUT2D eigenvalue weighted by atomic mass is 9.90. The highest BCUT2D eigenvalue weighted by Gasteiger charge is 2.24. The summed E-state index contributed by atoms with van der Waals surface area (Å²) in [5.74, 6) is -0.301. The van der Waals surface area contributed by atoms with Crippen LogP contribution in [-0.4, -0.2) is 14.8 Å². The number of nitrogens with one attached hydrogen (secondary N) is 1. The molecule has 24 heavy (non-hydrogen) atoms. The SMILES string of the molecule is O=c1c2c([nH]n1-c1nc3ccc(F)cc3s1)CCc1ccccc1-2. The molecule has 2 heterocycles. The average molecular weight is 337 g/mol. The minimum Gasteiger partial charge on any atom is -0.292 e. The Labute approximate surface area is 140 Å². The molecule has 0 amide bonds. The van der Waals surface area contributed by atoms with Gasteiger partial charge in [-0.3, -0.25) is 9.89 Å². The summed E-state index contributed by atoms with van der Waals surface area (Å²) in [5, 5.41) is 3.73. The normalized spacial score (nSPS) is 13.0. The van der Waals surface area contributed by atoms with E-state index in [0.29, 0.717) is 10.6 Å². The summed E-state index contributed by atoms with van der Waals surface area (Å²) in [6.07, 6.45) is 1.71. The van der Waals surface area contributed by atoms with E-state index in [-0.39, 0.29) is 11.4 Å². The second-order valence-electron chi connectivity index (χ2n) is 5.87. The van der Waals surface area contributed by atoms with E-state index in [2.05, 4.69) is 16.1 Å². The molecule has 0 bridgehead atoms. The Bertz CT molecular complexity index is 1150. The van der Waals surface area contributed by atoms with Crippen LogP contribution in [0.25, 0.3) is 26.5 Å². The number of H-pyrrole nitrogens is 1. The number of fused-ring (bicyclic) bond motifs is 4. The van der Waals surface area contributed by atoms with Crippen LogP contribution in [0.5, 0.6) is 0 Å². The summed E-state index contributed by atoms with van der Waals surface area (Å²) in [5.41, 5.74) is 4.44. The van der Waals surface area contributed by atoms with E-state index in [1.807, 2.05) is 18.2 Å². The van der Waals surface area contributed by atoms with Gasteiger partial charge in [0, 0.05) is 5.69 Å². The Morgan fingerprint density at radius 1 is 1.17 bits per heavy atom. The number of hydrogen-bond donors (Lipinski definition) is 1. The third kappa shape index (κ3) is 1.89. The molecule has 2 aromatic heterocycles. The van der Waals surface area contributed by atoms with Gasteiger partial charge in [0.15, 0.2) is 0 Å². The molecule has 118 valence electrons.